The topological polar surface area (TPSA) is 39.1 Å². The Morgan fingerprint density at radius 1 is 1.38 bits per heavy atom. The van der Waals surface area contributed by atoms with Gasteiger partial charge in [0.05, 0.1) is 6.07 Å². The van der Waals surface area contributed by atoms with E-state index >= 15 is 0 Å². The van der Waals surface area contributed by atoms with Crippen molar-refractivity contribution >= 4 is 0 Å². The Bertz CT molecular complexity index is 234. The van der Waals surface area contributed by atoms with E-state index in [4.69, 9.17) is 0 Å². The zero-order valence-corrected chi connectivity index (χ0v) is 10.9. The van der Waals surface area contributed by atoms with Gasteiger partial charge in [-0.15, -0.1) is 0 Å². The molecule has 3 heteroatoms. The number of likely N-dealkylation sites (tertiary alicyclic amines) is 1. The Kier molecular flexibility index (Phi) is 5.24. The summed E-state index contributed by atoms with van der Waals surface area (Å²) in [6.45, 7) is 10.8. The van der Waals surface area contributed by atoms with Gasteiger partial charge in [-0.05, 0) is 38.3 Å². The summed E-state index contributed by atoms with van der Waals surface area (Å²) in [6.07, 6.45) is 3.09. The monoisotopic (exact) mass is 223 g/mol. The van der Waals surface area contributed by atoms with Crippen molar-refractivity contribution in [1.29, 1.82) is 5.26 Å². The number of nitrogens with one attached hydrogen (secondary N) is 1. The largest absolute Gasteiger partial charge is 0.303 e. The van der Waals surface area contributed by atoms with Gasteiger partial charge in [0.15, 0.2) is 0 Å². The highest BCUT2D eigenvalue weighted by Crippen LogP contribution is 2.21. The molecule has 0 aromatic heterocycles. The summed E-state index contributed by atoms with van der Waals surface area (Å²) in [5, 5.41) is 12.8. The van der Waals surface area contributed by atoms with Crippen LogP contribution in [0.15, 0.2) is 0 Å². The van der Waals surface area contributed by atoms with Gasteiger partial charge in [0.25, 0.3) is 0 Å². The summed E-state index contributed by atoms with van der Waals surface area (Å²) in [7, 11) is 0. The molecule has 0 saturated carbocycles. The predicted molar refractivity (Wildman–Crippen MR) is 67.1 cm³/mol. The minimum absolute atomic E-state index is 0.249. The number of piperidine rings is 1. The van der Waals surface area contributed by atoms with Crippen LogP contribution < -0.4 is 5.32 Å². The smallest absolute Gasteiger partial charge is 0.109 e. The van der Waals surface area contributed by atoms with E-state index in [0.29, 0.717) is 5.92 Å². The zero-order valence-electron chi connectivity index (χ0n) is 10.9. The molecule has 1 aliphatic heterocycles. The normalized spacial score (nSPS) is 20.9. The third kappa shape index (κ3) is 3.77. The van der Waals surface area contributed by atoms with Crippen molar-refractivity contribution in [2.24, 2.45) is 5.92 Å². The van der Waals surface area contributed by atoms with Crippen LogP contribution in [0, 0.1) is 17.2 Å². The molecule has 0 radical (unpaired) electrons. The number of nitriles is 1. The first-order valence-corrected chi connectivity index (χ1v) is 6.50. The van der Waals surface area contributed by atoms with Gasteiger partial charge in [0.1, 0.15) is 5.54 Å². The van der Waals surface area contributed by atoms with E-state index in [1.165, 1.54) is 0 Å². The second-order valence-electron chi connectivity index (χ2n) is 5.24. The van der Waals surface area contributed by atoms with Crippen molar-refractivity contribution in [2.45, 2.75) is 45.6 Å². The Morgan fingerprint density at radius 2 is 2.00 bits per heavy atom. The van der Waals surface area contributed by atoms with Gasteiger partial charge in [-0.3, -0.25) is 5.32 Å². The van der Waals surface area contributed by atoms with E-state index in [1.807, 2.05) is 0 Å². The third-order valence-electron chi connectivity index (χ3n) is 3.56. The lowest BCUT2D eigenvalue weighted by Crippen LogP contribution is -2.52. The molecule has 1 saturated heterocycles. The van der Waals surface area contributed by atoms with Crippen molar-refractivity contribution in [3.05, 3.63) is 0 Å². The Hall–Kier alpha value is -0.590. The fourth-order valence-corrected chi connectivity index (χ4v) is 2.18. The first-order valence-electron chi connectivity index (χ1n) is 6.50. The lowest BCUT2D eigenvalue weighted by molar-refractivity contribution is 0.172. The molecule has 0 aliphatic carbocycles. The molecular weight excluding hydrogens is 198 g/mol. The van der Waals surface area contributed by atoms with Gasteiger partial charge >= 0.3 is 0 Å². The van der Waals surface area contributed by atoms with E-state index in [0.717, 1.165) is 45.4 Å². The molecule has 1 fully saturated rings. The SMILES string of the molecule is CCN1CCC(C#N)(NCCC(C)C)CC1. The van der Waals surface area contributed by atoms with Crippen molar-refractivity contribution < 1.29 is 0 Å². The highest BCUT2D eigenvalue weighted by Gasteiger charge is 2.33. The summed E-state index contributed by atoms with van der Waals surface area (Å²) in [5.74, 6) is 0.707. The molecule has 1 heterocycles. The highest BCUT2D eigenvalue weighted by atomic mass is 15.1. The molecule has 0 amide bonds. The van der Waals surface area contributed by atoms with Gasteiger partial charge in [-0.1, -0.05) is 20.8 Å². The summed E-state index contributed by atoms with van der Waals surface area (Å²) >= 11 is 0. The number of nitrogens with zero attached hydrogens (tertiary/aromatic N) is 2. The first kappa shape index (κ1) is 13.5. The van der Waals surface area contributed by atoms with Crippen LogP contribution in [-0.4, -0.2) is 36.6 Å². The van der Waals surface area contributed by atoms with E-state index in [2.05, 4.69) is 37.1 Å². The molecular formula is C13H25N3. The number of rotatable bonds is 5. The quantitative estimate of drug-likeness (QED) is 0.775. The van der Waals surface area contributed by atoms with Gasteiger partial charge in [0.2, 0.25) is 0 Å². The summed E-state index contributed by atoms with van der Waals surface area (Å²) < 4.78 is 0. The van der Waals surface area contributed by atoms with Crippen molar-refractivity contribution in [3.8, 4) is 6.07 Å². The molecule has 0 spiro atoms. The summed E-state index contributed by atoms with van der Waals surface area (Å²) in [4.78, 5) is 2.42. The first-order chi connectivity index (χ1) is 7.62. The van der Waals surface area contributed by atoms with Crippen molar-refractivity contribution in [3.63, 3.8) is 0 Å². The van der Waals surface area contributed by atoms with Crippen LogP contribution in [0.3, 0.4) is 0 Å². The number of hydrogen-bond acceptors (Lipinski definition) is 3. The number of hydrogen-bond donors (Lipinski definition) is 1. The third-order valence-corrected chi connectivity index (χ3v) is 3.56. The highest BCUT2D eigenvalue weighted by molar-refractivity contribution is 5.09. The van der Waals surface area contributed by atoms with E-state index in [1.54, 1.807) is 0 Å². The molecule has 0 aromatic rings. The van der Waals surface area contributed by atoms with E-state index < -0.39 is 0 Å². The lowest BCUT2D eigenvalue weighted by Gasteiger charge is -2.37. The lowest BCUT2D eigenvalue weighted by atomic mass is 9.88. The molecule has 3 nitrogen and oxygen atoms in total. The maximum Gasteiger partial charge on any atom is 0.109 e. The summed E-state index contributed by atoms with van der Waals surface area (Å²) in [5.41, 5.74) is -0.249. The minimum Gasteiger partial charge on any atom is -0.303 e. The second-order valence-corrected chi connectivity index (χ2v) is 5.24. The van der Waals surface area contributed by atoms with Gasteiger partial charge in [-0.25, -0.2) is 0 Å². The van der Waals surface area contributed by atoms with E-state index in [9.17, 15) is 5.26 Å². The Morgan fingerprint density at radius 3 is 2.44 bits per heavy atom. The fourth-order valence-electron chi connectivity index (χ4n) is 2.18. The molecule has 92 valence electrons. The van der Waals surface area contributed by atoms with Crippen molar-refractivity contribution in [2.75, 3.05) is 26.2 Å². The predicted octanol–water partition coefficient (Wildman–Crippen LogP) is 2.00. The fraction of sp³-hybridized carbons (Fsp3) is 0.923. The van der Waals surface area contributed by atoms with Crippen LogP contribution in [0.5, 0.6) is 0 Å². The van der Waals surface area contributed by atoms with Crippen LogP contribution in [0.2, 0.25) is 0 Å². The maximum absolute atomic E-state index is 9.33. The average Bonchev–Trinajstić information content (AvgIpc) is 2.29. The molecule has 0 unspecified atom stereocenters. The van der Waals surface area contributed by atoms with Crippen LogP contribution in [0.1, 0.15) is 40.0 Å². The molecule has 1 N–H and O–H groups in total. The van der Waals surface area contributed by atoms with Crippen LogP contribution in [-0.2, 0) is 0 Å². The molecule has 16 heavy (non-hydrogen) atoms. The van der Waals surface area contributed by atoms with Gasteiger partial charge in [0, 0.05) is 13.1 Å². The van der Waals surface area contributed by atoms with Crippen LogP contribution in [0.25, 0.3) is 0 Å². The van der Waals surface area contributed by atoms with Crippen LogP contribution in [0.4, 0.5) is 0 Å². The Balaban J connectivity index is 2.38. The van der Waals surface area contributed by atoms with Gasteiger partial charge in [-0.2, -0.15) is 5.26 Å². The van der Waals surface area contributed by atoms with Crippen LogP contribution >= 0.6 is 0 Å². The van der Waals surface area contributed by atoms with Crippen molar-refractivity contribution in [1.82, 2.24) is 10.2 Å². The molecule has 1 aliphatic rings. The summed E-state index contributed by atoms with van der Waals surface area (Å²) in [6, 6.07) is 2.50. The minimum atomic E-state index is -0.249. The van der Waals surface area contributed by atoms with Gasteiger partial charge < -0.3 is 4.90 Å². The molecule has 1 rings (SSSR count). The standard InChI is InChI=1S/C13H25N3/c1-4-16-9-6-13(11-14,7-10-16)15-8-5-12(2)3/h12,15H,4-10H2,1-3H3. The zero-order chi connectivity index (χ0) is 12.0. The Labute approximate surface area is 99.8 Å². The molecule has 0 aromatic carbocycles. The average molecular weight is 223 g/mol. The second kappa shape index (κ2) is 6.22. The molecule has 0 atom stereocenters. The maximum atomic E-state index is 9.33. The van der Waals surface area contributed by atoms with E-state index in [-0.39, 0.29) is 5.54 Å². The molecule has 0 bridgehead atoms.